The molecule has 1 amide bonds. The van der Waals surface area contributed by atoms with Gasteiger partial charge in [0.15, 0.2) is 0 Å². The number of benzene rings is 3. The van der Waals surface area contributed by atoms with Crippen LogP contribution in [0.3, 0.4) is 0 Å². The number of nitrogens with one attached hydrogen (secondary N) is 1. The molecular weight excluding hydrogens is 525 g/mol. The molecular formula is C25H25Cl2N3O3S2. The van der Waals surface area contributed by atoms with Crippen molar-refractivity contribution in [2.24, 2.45) is 0 Å². The van der Waals surface area contributed by atoms with Gasteiger partial charge in [-0.2, -0.15) is 4.31 Å². The Hall–Kier alpha value is -2.23. The fraction of sp³-hybridized carbons (Fsp3) is 0.240. The largest absolute Gasteiger partial charge is 0.366 e. The highest BCUT2D eigenvalue weighted by molar-refractivity contribution is 8.00. The fourth-order valence-electron chi connectivity index (χ4n) is 3.81. The Morgan fingerprint density at radius 3 is 2.26 bits per heavy atom. The Labute approximate surface area is 220 Å². The quantitative estimate of drug-likeness (QED) is 0.391. The van der Waals surface area contributed by atoms with Crippen LogP contribution in [-0.4, -0.2) is 50.6 Å². The number of sulfonamides is 1. The smallest absolute Gasteiger partial charge is 0.243 e. The molecule has 0 saturated carbocycles. The van der Waals surface area contributed by atoms with Gasteiger partial charge in [-0.1, -0.05) is 47.0 Å². The van der Waals surface area contributed by atoms with Crippen LogP contribution in [0.1, 0.15) is 5.56 Å². The summed E-state index contributed by atoms with van der Waals surface area (Å²) < 4.78 is 27.6. The first-order valence-corrected chi connectivity index (χ1v) is 14.2. The minimum Gasteiger partial charge on any atom is -0.366 e. The van der Waals surface area contributed by atoms with Crippen molar-refractivity contribution >= 4 is 62.3 Å². The van der Waals surface area contributed by atoms with Crippen LogP contribution in [0, 0.1) is 6.92 Å². The molecule has 1 aliphatic heterocycles. The Balaban J connectivity index is 1.42. The predicted octanol–water partition coefficient (Wildman–Crippen LogP) is 5.54. The number of carbonyl (C=O) groups is 1. The number of anilines is 2. The summed E-state index contributed by atoms with van der Waals surface area (Å²) in [5.41, 5.74) is 2.31. The molecule has 1 heterocycles. The van der Waals surface area contributed by atoms with Gasteiger partial charge in [0.05, 0.1) is 27.0 Å². The lowest BCUT2D eigenvalue weighted by Crippen LogP contribution is -2.49. The van der Waals surface area contributed by atoms with Gasteiger partial charge >= 0.3 is 0 Å². The first-order chi connectivity index (χ1) is 16.7. The van der Waals surface area contributed by atoms with Gasteiger partial charge in [-0.15, -0.1) is 11.8 Å². The van der Waals surface area contributed by atoms with E-state index in [0.29, 0.717) is 52.5 Å². The summed E-state index contributed by atoms with van der Waals surface area (Å²) in [7, 11) is -3.57. The zero-order valence-electron chi connectivity index (χ0n) is 19.1. The lowest BCUT2D eigenvalue weighted by molar-refractivity contribution is -0.113. The Bertz CT molecular complexity index is 1290. The summed E-state index contributed by atoms with van der Waals surface area (Å²) in [5.74, 6) is 0.0740. The van der Waals surface area contributed by atoms with Gasteiger partial charge in [0.25, 0.3) is 0 Å². The Morgan fingerprint density at radius 2 is 1.60 bits per heavy atom. The first-order valence-electron chi connectivity index (χ1n) is 11.0. The molecule has 1 N–H and O–H groups in total. The molecule has 35 heavy (non-hydrogen) atoms. The van der Waals surface area contributed by atoms with E-state index in [9.17, 15) is 13.2 Å². The number of amides is 1. The number of carbonyl (C=O) groups excluding carboxylic acids is 1. The molecule has 0 aliphatic carbocycles. The third-order valence-electron chi connectivity index (χ3n) is 5.66. The topological polar surface area (TPSA) is 69.7 Å². The van der Waals surface area contributed by atoms with Crippen molar-refractivity contribution in [2.75, 3.05) is 42.1 Å². The molecule has 0 radical (unpaired) electrons. The van der Waals surface area contributed by atoms with Crippen molar-refractivity contribution in [1.82, 2.24) is 4.31 Å². The fourth-order valence-corrected chi connectivity index (χ4v) is 6.36. The SMILES string of the molecule is Cc1ccc(S(=O)(=O)N2CCN(c3c(Cl)cccc3NC(=O)CSc3ccc(Cl)cc3)CC2)cc1. The standard InChI is InChI=1S/C25H25Cl2N3O3S2/c1-18-5-11-21(12-6-18)35(32,33)30-15-13-29(14-16-30)25-22(27)3-2-4-23(25)28-24(31)17-34-20-9-7-19(26)8-10-20/h2-12H,13-17H2,1H3,(H,28,31). The molecule has 3 aromatic carbocycles. The van der Waals surface area contributed by atoms with Crippen molar-refractivity contribution in [3.8, 4) is 0 Å². The van der Waals surface area contributed by atoms with Crippen LogP contribution >= 0.6 is 35.0 Å². The van der Waals surface area contributed by atoms with E-state index in [1.54, 1.807) is 48.5 Å². The zero-order valence-corrected chi connectivity index (χ0v) is 22.2. The number of rotatable bonds is 7. The minimum atomic E-state index is -3.57. The maximum atomic E-state index is 13.0. The van der Waals surface area contributed by atoms with Gasteiger partial charge in [-0.3, -0.25) is 4.79 Å². The number of para-hydroxylation sites is 1. The third-order valence-corrected chi connectivity index (χ3v) is 9.14. The lowest BCUT2D eigenvalue weighted by atomic mass is 10.2. The van der Waals surface area contributed by atoms with E-state index in [1.165, 1.54) is 16.1 Å². The van der Waals surface area contributed by atoms with Crippen LogP contribution in [0.15, 0.2) is 76.5 Å². The number of aryl methyl sites for hydroxylation is 1. The number of piperazine rings is 1. The second-order valence-electron chi connectivity index (χ2n) is 8.13. The second kappa shape index (κ2) is 11.2. The van der Waals surface area contributed by atoms with Crippen LogP contribution in [0.5, 0.6) is 0 Å². The molecule has 6 nitrogen and oxygen atoms in total. The minimum absolute atomic E-state index is 0.158. The molecule has 184 valence electrons. The van der Waals surface area contributed by atoms with Gasteiger partial charge in [-0.25, -0.2) is 8.42 Å². The van der Waals surface area contributed by atoms with E-state index in [2.05, 4.69) is 5.32 Å². The van der Waals surface area contributed by atoms with Crippen LogP contribution in [0.4, 0.5) is 11.4 Å². The number of thioether (sulfide) groups is 1. The van der Waals surface area contributed by atoms with Crippen molar-refractivity contribution in [3.05, 3.63) is 82.3 Å². The number of halogens is 2. The van der Waals surface area contributed by atoms with Gasteiger partial charge in [-0.05, 0) is 55.5 Å². The van der Waals surface area contributed by atoms with E-state index in [-0.39, 0.29) is 11.7 Å². The average molecular weight is 551 g/mol. The lowest BCUT2D eigenvalue weighted by Gasteiger charge is -2.36. The summed E-state index contributed by atoms with van der Waals surface area (Å²) in [5, 5.41) is 4.11. The molecule has 0 bridgehead atoms. The molecule has 3 aromatic rings. The summed E-state index contributed by atoms with van der Waals surface area (Å²) in [6.07, 6.45) is 0. The van der Waals surface area contributed by atoms with E-state index in [0.717, 1.165) is 10.5 Å². The second-order valence-corrected chi connectivity index (χ2v) is 12.0. The van der Waals surface area contributed by atoms with Crippen molar-refractivity contribution in [3.63, 3.8) is 0 Å². The van der Waals surface area contributed by atoms with Gasteiger partial charge in [0.1, 0.15) is 0 Å². The first kappa shape index (κ1) is 25.9. The summed E-state index contributed by atoms with van der Waals surface area (Å²) >= 11 is 13.9. The summed E-state index contributed by atoms with van der Waals surface area (Å²) in [4.78, 5) is 15.9. The van der Waals surface area contributed by atoms with E-state index in [1.807, 2.05) is 30.0 Å². The van der Waals surface area contributed by atoms with E-state index in [4.69, 9.17) is 23.2 Å². The van der Waals surface area contributed by atoms with Crippen LogP contribution < -0.4 is 10.2 Å². The van der Waals surface area contributed by atoms with Crippen molar-refractivity contribution in [2.45, 2.75) is 16.7 Å². The number of hydrogen-bond acceptors (Lipinski definition) is 5. The number of hydrogen-bond donors (Lipinski definition) is 1. The van der Waals surface area contributed by atoms with Gasteiger partial charge in [0.2, 0.25) is 15.9 Å². The highest BCUT2D eigenvalue weighted by atomic mass is 35.5. The molecule has 0 atom stereocenters. The van der Waals surface area contributed by atoms with Crippen LogP contribution in [-0.2, 0) is 14.8 Å². The summed E-state index contributed by atoms with van der Waals surface area (Å²) in [6.45, 7) is 3.47. The van der Waals surface area contributed by atoms with Gasteiger partial charge < -0.3 is 10.2 Å². The zero-order chi connectivity index (χ0) is 25.0. The number of nitrogens with zero attached hydrogens (tertiary/aromatic N) is 2. The average Bonchev–Trinajstić information content (AvgIpc) is 2.84. The Morgan fingerprint density at radius 1 is 0.943 bits per heavy atom. The van der Waals surface area contributed by atoms with Crippen molar-refractivity contribution in [1.29, 1.82) is 0 Å². The highest BCUT2D eigenvalue weighted by Crippen LogP contribution is 2.35. The molecule has 10 heteroatoms. The highest BCUT2D eigenvalue weighted by Gasteiger charge is 2.30. The van der Waals surface area contributed by atoms with Crippen molar-refractivity contribution < 1.29 is 13.2 Å². The molecule has 0 aromatic heterocycles. The third kappa shape index (κ3) is 6.32. The molecule has 1 saturated heterocycles. The van der Waals surface area contributed by atoms with E-state index >= 15 is 0 Å². The predicted molar refractivity (Wildman–Crippen MR) is 144 cm³/mol. The molecule has 0 spiro atoms. The Kier molecular flexibility index (Phi) is 8.29. The molecule has 0 unspecified atom stereocenters. The monoisotopic (exact) mass is 549 g/mol. The summed E-state index contributed by atoms with van der Waals surface area (Å²) in [6, 6.07) is 19.6. The maximum absolute atomic E-state index is 13.0. The maximum Gasteiger partial charge on any atom is 0.243 e. The normalized spacial score (nSPS) is 14.7. The molecule has 1 aliphatic rings. The van der Waals surface area contributed by atoms with Gasteiger partial charge in [0, 0.05) is 36.1 Å². The molecule has 1 fully saturated rings. The van der Waals surface area contributed by atoms with E-state index < -0.39 is 10.0 Å². The van der Waals surface area contributed by atoms with Crippen LogP contribution in [0.2, 0.25) is 10.0 Å². The van der Waals surface area contributed by atoms with Crippen LogP contribution in [0.25, 0.3) is 0 Å². The molecule has 4 rings (SSSR count).